The van der Waals surface area contributed by atoms with Crippen molar-refractivity contribution in [3.8, 4) is 0 Å². The molecule has 2 atom stereocenters. The van der Waals surface area contributed by atoms with Crippen LogP contribution in [0.1, 0.15) is 30.0 Å². The Morgan fingerprint density at radius 3 is 2.88 bits per heavy atom. The number of halogens is 1. The van der Waals surface area contributed by atoms with Crippen LogP contribution in [-0.4, -0.2) is 20.3 Å². The van der Waals surface area contributed by atoms with Crippen molar-refractivity contribution in [3.63, 3.8) is 0 Å². The summed E-state index contributed by atoms with van der Waals surface area (Å²) in [7, 11) is 2.03. The second-order valence-corrected chi connectivity index (χ2v) is 5.61. The van der Waals surface area contributed by atoms with E-state index in [1.165, 1.54) is 28.4 Å². The van der Waals surface area contributed by atoms with E-state index < -0.39 is 0 Å². The fourth-order valence-electron chi connectivity index (χ4n) is 2.51. The molecule has 1 aromatic carbocycles. The van der Waals surface area contributed by atoms with Gasteiger partial charge in [-0.25, -0.2) is 0 Å². The number of hydrogen-bond acceptors (Lipinski definition) is 2. The molecule has 1 N–H and O–H groups in total. The highest BCUT2D eigenvalue weighted by molar-refractivity contribution is 9.10. The number of ether oxygens (including phenoxy) is 1. The summed E-state index contributed by atoms with van der Waals surface area (Å²) in [5.41, 5.74) is 2.63. The Morgan fingerprint density at radius 1 is 1.47 bits per heavy atom. The van der Waals surface area contributed by atoms with Crippen molar-refractivity contribution in [1.82, 2.24) is 5.32 Å². The Labute approximate surface area is 112 Å². The minimum absolute atomic E-state index is 0.396. The zero-order valence-electron chi connectivity index (χ0n) is 10.5. The van der Waals surface area contributed by atoms with Crippen molar-refractivity contribution in [2.75, 3.05) is 20.3 Å². The van der Waals surface area contributed by atoms with Gasteiger partial charge >= 0.3 is 0 Å². The van der Waals surface area contributed by atoms with Crippen LogP contribution in [0.15, 0.2) is 22.7 Å². The molecule has 2 rings (SSSR count). The van der Waals surface area contributed by atoms with Gasteiger partial charge in [0.15, 0.2) is 0 Å². The number of rotatable bonds is 3. The first-order valence-corrected chi connectivity index (χ1v) is 7.02. The molecular weight excluding hydrogens is 278 g/mol. The van der Waals surface area contributed by atoms with Crippen LogP contribution < -0.4 is 5.32 Å². The summed E-state index contributed by atoms with van der Waals surface area (Å²) < 4.78 is 6.78. The Morgan fingerprint density at radius 2 is 2.29 bits per heavy atom. The molecule has 0 saturated carbocycles. The van der Waals surface area contributed by atoms with Crippen molar-refractivity contribution >= 4 is 15.9 Å². The lowest BCUT2D eigenvalue weighted by Crippen LogP contribution is -2.31. The van der Waals surface area contributed by atoms with E-state index in [2.05, 4.69) is 46.4 Å². The molecule has 1 heterocycles. The van der Waals surface area contributed by atoms with Crippen molar-refractivity contribution in [2.45, 2.75) is 25.8 Å². The van der Waals surface area contributed by atoms with Crippen LogP contribution in [0.3, 0.4) is 0 Å². The lowest BCUT2D eigenvalue weighted by atomic mass is 9.88. The minimum atomic E-state index is 0.396. The quantitative estimate of drug-likeness (QED) is 0.923. The molecule has 0 amide bonds. The third kappa shape index (κ3) is 3.09. The highest BCUT2D eigenvalue weighted by atomic mass is 79.9. The van der Waals surface area contributed by atoms with Crippen molar-refractivity contribution in [3.05, 3.63) is 33.8 Å². The maximum absolute atomic E-state index is 5.59. The standard InChI is InChI=1S/C14H20BrNO/c1-10-5-6-11(8-13(10)15)14(16-2)12-4-3-7-17-9-12/h5-6,8,12,14,16H,3-4,7,9H2,1-2H3. The molecule has 1 saturated heterocycles. The zero-order valence-corrected chi connectivity index (χ0v) is 12.1. The fraction of sp³-hybridized carbons (Fsp3) is 0.571. The molecule has 0 aliphatic carbocycles. The highest BCUT2D eigenvalue weighted by Crippen LogP contribution is 2.30. The monoisotopic (exact) mass is 297 g/mol. The summed E-state index contributed by atoms with van der Waals surface area (Å²) in [5.74, 6) is 0.586. The molecule has 2 nitrogen and oxygen atoms in total. The van der Waals surface area contributed by atoms with Crippen LogP contribution in [0, 0.1) is 12.8 Å². The van der Waals surface area contributed by atoms with Gasteiger partial charge in [-0.1, -0.05) is 28.1 Å². The summed E-state index contributed by atoms with van der Waals surface area (Å²) in [4.78, 5) is 0. The van der Waals surface area contributed by atoms with Crippen molar-refractivity contribution < 1.29 is 4.74 Å². The van der Waals surface area contributed by atoms with Crippen LogP contribution in [0.2, 0.25) is 0 Å². The normalized spacial score (nSPS) is 22.4. The lowest BCUT2D eigenvalue weighted by molar-refractivity contribution is 0.0402. The molecule has 0 radical (unpaired) electrons. The SMILES string of the molecule is CNC(c1ccc(C)c(Br)c1)C1CCCOC1. The summed E-state index contributed by atoms with van der Waals surface area (Å²) in [5, 5.41) is 3.43. The second-order valence-electron chi connectivity index (χ2n) is 4.75. The Balaban J connectivity index is 2.18. The third-order valence-corrected chi connectivity index (χ3v) is 4.39. The Bertz CT molecular complexity index is 374. The molecule has 0 aromatic heterocycles. The van der Waals surface area contributed by atoms with Crippen molar-refractivity contribution in [1.29, 1.82) is 0 Å². The predicted molar refractivity (Wildman–Crippen MR) is 74.2 cm³/mol. The average molecular weight is 298 g/mol. The van der Waals surface area contributed by atoms with Gasteiger partial charge in [-0.2, -0.15) is 0 Å². The van der Waals surface area contributed by atoms with E-state index in [1.807, 2.05) is 7.05 Å². The van der Waals surface area contributed by atoms with Gasteiger partial charge in [0, 0.05) is 23.0 Å². The van der Waals surface area contributed by atoms with Gasteiger partial charge in [-0.3, -0.25) is 0 Å². The van der Waals surface area contributed by atoms with Gasteiger partial charge in [0.2, 0.25) is 0 Å². The second kappa shape index (κ2) is 5.98. The highest BCUT2D eigenvalue weighted by Gasteiger charge is 2.24. The van der Waals surface area contributed by atoms with Crippen LogP contribution >= 0.6 is 15.9 Å². The molecule has 1 aliphatic rings. The number of hydrogen-bond donors (Lipinski definition) is 1. The number of nitrogens with one attached hydrogen (secondary N) is 1. The molecular formula is C14H20BrNO. The van der Waals surface area contributed by atoms with E-state index in [4.69, 9.17) is 4.74 Å². The summed E-state index contributed by atoms with van der Waals surface area (Å²) in [6.45, 7) is 3.91. The first-order chi connectivity index (χ1) is 8.22. The van der Waals surface area contributed by atoms with Crippen LogP contribution in [-0.2, 0) is 4.74 Å². The first kappa shape index (κ1) is 13.1. The number of aryl methyl sites for hydroxylation is 1. The Hall–Kier alpha value is -0.380. The van der Waals surface area contributed by atoms with Crippen LogP contribution in [0.25, 0.3) is 0 Å². The number of benzene rings is 1. The molecule has 0 bridgehead atoms. The molecule has 17 heavy (non-hydrogen) atoms. The van der Waals surface area contributed by atoms with E-state index in [0.29, 0.717) is 12.0 Å². The average Bonchev–Trinajstić information content (AvgIpc) is 2.36. The predicted octanol–water partition coefficient (Wildman–Crippen LogP) is 3.44. The van der Waals surface area contributed by atoms with E-state index in [1.54, 1.807) is 0 Å². The van der Waals surface area contributed by atoms with E-state index in [0.717, 1.165) is 13.2 Å². The Kier molecular flexibility index (Phi) is 4.60. The van der Waals surface area contributed by atoms with Gasteiger partial charge in [0.25, 0.3) is 0 Å². The fourth-order valence-corrected chi connectivity index (χ4v) is 2.90. The molecule has 94 valence electrons. The minimum Gasteiger partial charge on any atom is -0.381 e. The molecule has 1 aromatic rings. The summed E-state index contributed by atoms with van der Waals surface area (Å²) in [6, 6.07) is 7.02. The molecule has 2 unspecified atom stereocenters. The third-order valence-electron chi connectivity index (χ3n) is 3.53. The van der Waals surface area contributed by atoms with Gasteiger partial charge < -0.3 is 10.1 Å². The van der Waals surface area contributed by atoms with E-state index in [9.17, 15) is 0 Å². The first-order valence-electron chi connectivity index (χ1n) is 6.23. The van der Waals surface area contributed by atoms with Gasteiger partial charge in [0.05, 0.1) is 6.61 Å². The molecule has 0 spiro atoms. The maximum Gasteiger partial charge on any atom is 0.0512 e. The van der Waals surface area contributed by atoms with Crippen LogP contribution in [0.4, 0.5) is 0 Å². The summed E-state index contributed by atoms with van der Waals surface area (Å²) in [6.07, 6.45) is 2.42. The molecule has 1 aliphatic heterocycles. The zero-order chi connectivity index (χ0) is 12.3. The largest absolute Gasteiger partial charge is 0.381 e. The molecule has 1 fully saturated rings. The van der Waals surface area contributed by atoms with Gasteiger partial charge in [-0.05, 0) is 44.0 Å². The summed E-state index contributed by atoms with van der Waals surface area (Å²) >= 11 is 3.61. The van der Waals surface area contributed by atoms with Crippen molar-refractivity contribution in [2.24, 2.45) is 5.92 Å². The van der Waals surface area contributed by atoms with E-state index >= 15 is 0 Å². The molecule has 3 heteroatoms. The lowest BCUT2D eigenvalue weighted by Gasteiger charge is -2.30. The van der Waals surface area contributed by atoms with E-state index in [-0.39, 0.29) is 0 Å². The smallest absolute Gasteiger partial charge is 0.0512 e. The topological polar surface area (TPSA) is 21.3 Å². The van der Waals surface area contributed by atoms with Crippen LogP contribution in [0.5, 0.6) is 0 Å². The van der Waals surface area contributed by atoms with Gasteiger partial charge in [-0.15, -0.1) is 0 Å². The maximum atomic E-state index is 5.59. The van der Waals surface area contributed by atoms with Gasteiger partial charge in [0.1, 0.15) is 0 Å².